The van der Waals surface area contributed by atoms with Gasteiger partial charge >= 0.3 is 5.97 Å². The topological polar surface area (TPSA) is 86.1 Å². The molecule has 0 spiro atoms. The number of thioether (sulfide) groups is 1. The third-order valence-electron chi connectivity index (χ3n) is 5.23. The number of nitrogens with one attached hydrogen (secondary N) is 1. The maximum Gasteiger partial charge on any atom is 0.341 e. The van der Waals surface area contributed by atoms with Crippen LogP contribution < -0.4 is 5.32 Å². The summed E-state index contributed by atoms with van der Waals surface area (Å²) in [7, 11) is 0. The Bertz CT molecular complexity index is 929. The van der Waals surface area contributed by atoms with Crippen molar-refractivity contribution in [3.63, 3.8) is 0 Å². The predicted octanol–water partition coefficient (Wildman–Crippen LogP) is 4.71. The summed E-state index contributed by atoms with van der Waals surface area (Å²) < 4.78 is 7.21. The zero-order chi connectivity index (χ0) is 21.7. The molecule has 0 saturated heterocycles. The highest BCUT2D eigenvalue weighted by molar-refractivity contribution is 7.99. The molecule has 0 unspecified atom stereocenters. The zero-order valence-electron chi connectivity index (χ0n) is 17.7. The molecule has 3 rings (SSSR count). The van der Waals surface area contributed by atoms with Crippen LogP contribution in [0.15, 0.2) is 17.8 Å². The van der Waals surface area contributed by atoms with E-state index in [1.807, 2.05) is 19.9 Å². The van der Waals surface area contributed by atoms with Gasteiger partial charge in [-0.2, -0.15) is 0 Å². The number of thiophene rings is 1. The van der Waals surface area contributed by atoms with E-state index in [4.69, 9.17) is 4.74 Å². The van der Waals surface area contributed by atoms with Crippen molar-refractivity contribution in [1.29, 1.82) is 0 Å². The fraction of sp³-hybridized carbons (Fsp3) is 0.524. The van der Waals surface area contributed by atoms with Gasteiger partial charge in [0.2, 0.25) is 5.91 Å². The van der Waals surface area contributed by atoms with Gasteiger partial charge in [0.25, 0.3) is 0 Å². The van der Waals surface area contributed by atoms with E-state index in [2.05, 4.69) is 26.7 Å². The van der Waals surface area contributed by atoms with E-state index in [0.29, 0.717) is 29.6 Å². The highest BCUT2D eigenvalue weighted by Crippen LogP contribution is 2.35. The third kappa shape index (κ3) is 4.95. The number of carbonyl (C=O) groups excluding carboxylic acids is 2. The summed E-state index contributed by atoms with van der Waals surface area (Å²) in [5, 5.41) is 12.9. The molecule has 2 aromatic rings. The second-order valence-electron chi connectivity index (χ2n) is 7.27. The summed E-state index contributed by atoms with van der Waals surface area (Å²) in [5.41, 5.74) is 1.28. The monoisotopic (exact) mass is 448 g/mol. The third-order valence-corrected chi connectivity index (χ3v) is 7.32. The van der Waals surface area contributed by atoms with Crippen LogP contribution in [0.25, 0.3) is 0 Å². The molecule has 2 aromatic heterocycles. The van der Waals surface area contributed by atoms with Crippen molar-refractivity contribution in [3.8, 4) is 0 Å². The van der Waals surface area contributed by atoms with Crippen molar-refractivity contribution < 1.29 is 14.3 Å². The molecule has 9 heteroatoms. The molecular weight excluding hydrogens is 420 g/mol. The SMILES string of the molecule is C=CCn1c(SCC(=O)Nc2sc(C)c(C)c2C(=O)OCC)nnc1C1CCCC1. The number of rotatable bonds is 9. The first-order chi connectivity index (χ1) is 14.5. The summed E-state index contributed by atoms with van der Waals surface area (Å²) in [6, 6.07) is 0. The van der Waals surface area contributed by atoms with Crippen molar-refractivity contribution in [2.24, 2.45) is 0 Å². The van der Waals surface area contributed by atoms with Gasteiger partial charge in [-0.15, -0.1) is 28.1 Å². The smallest absolute Gasteiger partial charge is 0.341 e. The molecule has 1 saturated carbocycles. The molecule has 0 bridgehead atoms. The lowest BCUT2D eigenvalue weighted by Gasteiger charge is -2.12. The Hall–Kier alpha value is -2.13. The Labute approximate surface area is 185 Å². The second kappa shape index (κ2) is 10.3. The molecule has 7 nitrogen and oxygen atoms in total. The lowest BCUT2D eigenvalue weighted by atomic mass is 10.1. The van der Waals surface area contributed by atoms with Gasteiger partial charge in [-0.25, -0.2) is 4.79 Å². The van der Waals surface area contributed by atoms with E-state index in [0.717, 1.165) is 34.3 Å². The number of aromatic nitrogens is 3. The molecule has 0 aromatic carbocycles. The van der Waals surface area contributed by atoms with Crippen molar-refractivity contribution in [2.75, 3.05) is 17.7 Å². The molecule has 1 N–H and O–H groups in total. The molecule has 162 valence electrons. The number of hydrogen-bond donors (Lipinski definition) is 1. The van der Waals surface area contributed by atoms with Gasteiger partial charge in [0.05, 0.1) is 17.9 Å². The molecule has 1 aliphatic carbocycles. The Kier molecular flexibility index (Phi) is 7.71. The van der Waals surface area contributed by atoms with Crippen molar-refractivity contribution >= 4 is 40.0 Å². The highest BCUT2D eigenvalue weighted by atomic mass is 32.2. The number of allylic oxidation sites excluding steroid dienone is 1. The summed E-state index contributed by atoms with van der Waals surface area (Å²) in [5.74, 6) is 1.00. The van der Waals surface area contributed by atoms with Gasteiger partial charge < -0.3 is 14.6 Å². The summed E-state index contributed by atoms with van der Waals surface area (Å²) in [4.78, 5) is 25.9. The number of amides is 1. The number of esters is 1. The minimum absolute atomic E-state index is 0.179. The molecule has 1 aliphatic rings. The molecule has 30 heavy (non-hydrogen) atoms. The minimum atomic E-state index is -0.408. The number of ether oxygens (including phenoxy) is 1. The van der Waals surface area contributed by atoms with Crippen LogP contribution in [0.1, 0.15) is 65.1 Å². The first kappa shape index (κ1) is 22.6. The average Bonchev–Trinajstić information content (AvgIpc) is 3.41. The fourth-order valence-electron chi connectivity index (χ4n) is 3.65. The lowest BCUT2D eigenvalue weighted by Crippen LogP contribution is -2.17. The van der Waals surface area contributed by atoms with Crippen molar-refractivity contribution in [2.45, 2.75) is 64.1 Å². The summed E-state index contributed by atoms with van der Waals surface area (Å²) >= 11 is 2.74. The van der Waals surface area contributed by atoms with E-state index < -0.39 is 5.97 Å². The largest absolute Gasteiger partial charge is 0.462 e. The Balaban J connectivity index is 1.69. The Morgan fingerprint density at radius 1 is 1.33 bits per heavy atom. The van der Waals surface area contributed by atoms with Crippen LogP contribution in [-0.2, 0) is 16.1 Å². The predicted molar refractivity (Wildman–Crippen MR) is 121 cm³/mol. The average molecular weight is 449 g/mol. The van der Waals surface area contributed by atoms with Gasteiger partial charge in [0.15, 0.2) is 5.16 Å². The van der Waals surface area contributed by atoms with Crippen molar-refractivity contribution in [1.82, 2.24) is 14.8 Å². The van der Waals surface area contributed by atoms with E-state index in [9.17, 15) is 9.59 Å². The lowest BCUT2D eigenvalue weighted by molar-refractivity contribution is -0.113. The first-order valence-corrected chi connectivity index (χ1v) is 12.0. The van der Waals surface area contributed by atoms with Crippen LogP contribution >= 0.6 is 23.1 Å². The van der Waals surface area contributed by atoms with Gasteiger partial charge in [-0.1, -0.05) is 30.7 Å². The second-order valence-corrected chi connectivity index (χ2v) is 9.43. The van der Waals surface area contributed by atoms with E-state index in [1.54, 1.807) is 6.92 Å². The van der Waals surface area contributed by atoms with E-state index >= 15 is 0 Å². The van der Waals surface area contributed by atoms with Gasteiger partial charge in [-0.05, 0) is 39.2 Å². The maximum atomic E-state index is 12.6. The Morgan fingerprint density at radius 3 is 2.73 bits per heavy atom. The molecule has 0 aliphatic heterocycles. The summed E-state index contributed by atoms with van der Waals surface area (Å²) in [6.07, 6.45) is 6.54. The number of carbonyl (C=O) groups is 2. The molecular formula is C21H28N4O3S2. The number of anilines is 1. The van der Waals surface area contributed by atoms with Crippen LogP contribution in [0, 0.1) is 13.8 Å². The van der Waals surface area contributed by atoms with Crippen molar-refractivity contribution in [3.05, 3.63) is 34.5 Å². The van der Waals surface area contributed by atoms with E-state index in [1.165, 1.54) is 35.9 Å². The minimum Gasteiger partial charge on any atom is -0.462 e. The Morgan fingerprint density at radius 2 is 2.07 bits per heavy atom. The number of aryl methyl sites for hydroxylation is 1. The molecule has 1 fully saturated rings. The van der Waals surface area contributed by atoms with Crippen LogP contribution in [0.5, 0.6) is 0 Å². The molecule has 0 atom stereocenters. The molecule has 2 heterocycles. The van der Waals surface area contributed by atoms with Gasteiger partial charge in [-0.3, -0.25) is 4.79 Å². The van der Waals surface area contributed by atoms with Crippen LogP contribution in [0.4, 0.5) is 5.00 Å². The first-order valence-electron chi connectivity index (χ1n) is 10.2. The number of hydrogen-bond acceptors (Lipinski definition) is 7. The standard InChI is InChI=1S/C21H28N4O3S2/c1-5-11-25-18(15-9-7-8-10-15)23-24-21(25)29-12-16(26)22-19-17(20(27)28-6-2)13(3)14(4)30-19/h5,15H,1,6-12H2,2-4H3,(H,22,26). The maximum absolute atomic E-state index is 12.6. The van der Waals surface area contributed by atoms with Crippen LogP contribution in [0.2, 0.25) is 0 Å². The van der Waals surface area contributed by atoms with Gasteiger partial charge in [0, 0.05) is 17.3 Å². The molecule has 1 amide bonds. The van der Waals surface area contributed by atoms with Crippen LogP contribution in [0.3, 0.4) is 0 Å². The number of nitrogens with zero attached hydrogens (tertiary/aromatic N) is 3. The van der Waals surface area contributed by atoms with Gasteiger partial charge in [0.1, 0.15) is 10.8 Å². The summed E-state index contributed by atoms with van der Waals surface area (Å²) in [6.45, 7) is 10.3. The fourth-order valence-corrected chi connectivity index (χ4v) is 5.47. The normalized spacial score (nSPS) is 14.1. The zero-order valence-corrected chi connectivity index (χ0v) is 19.3. The molecule has 0 radical (unpaired) electrons. The van der Waals surface area contributed by atoms with Crippen LogP contribution in [-0.4, -0.2) is 39.0 Å². The highest BCUT2D eigenvalue weighted by Gasteiger charge is 2.25. The quantitative estimate of drug-likeness (QED) is 0.340. The van der Waals surface area contributed by atoms with E-state index in [-0.39, 0.29) is 11.7 Å².